The lowest BCUT2D eigenvalue weighted by atomic mass is 10.1. The molecule has 3 aromatic carbocycles. The largest absolute Gasteiger partial charge is 0.480 e. The van der Waals surface area contributed by atoms with E-state index in [-0.39, 0.29) is 12.2 Å². The Morgan fingerprint density at radius 1 is 0.536 bits per heavy atom. The molecule has 0 aromatic heterocycles. The summed E-state index contributed by atoms with van der Waals surface area (Å²) >= 11 is 0. The molecule has 144 valence electrons. The molecule has 0 spiro atoms. The molecule has 28 heavy (non-hydrogen) atoms. The van der Waals surface area contributed by atoms with Gasteiger partial charge in [0.25, 0.3) is 0 Å². The predicted molar refractivity (Wildman–Crippen MR) is 107 cm³/mol. The Morgan fingerprint density at radius 3 is 1.36 bits per heavy atom. The second kappa shape index (κ2) is 9.40. The van der Waals surface area contributed by atoms with Gasteiger partial charge in [-0.2, -0.15) is 0 Å². The minimum atomic E-state index is -0.227. The van der Waals surface area contributed by atoms with E-state index in [0.717, 1.165) is 22.6 Å². The maximum absolute atomic E-state index is 6.16. The van der Waals surface area contributed by atoms with Gasteiger partial charge in [0.1, 0.15) is 0 Å². The van der Waals surface area contributed by atoms with Crippen LogP contribution in [0.2, 0.25) is 0 Å². The smallest absolute Gasteiger partial charge is 0.161 e. The fraction of sp³-hybridized carbons (Fsp3) is 0.250. The van der Waals surface area contributed by atoms with Gasteiger partial charge in [0, 0.05) is 0 Å². The first-order chi connectivity index (χ1) is 13.9. The van der Waals surface area contributed by atoms with Crippen LogP contribution in [-0.4, -0.2) is 25.4 Å². The van der Waals surface area contributed by atoms with Gasteiger partial charge in [-0.3, -0.25) is 0 Å². The maximum Gasteiger partial charge on any atom is 0.161 e. The van der Waals surface area contributed by atoms with E-state index in [1.165, 1.54) is 0 Å². The van der Waals surface area contributed by atoms with Gasteiger partial charge in [-0.1, -0.05) is 72.8 Å². The number of benzene rings is 3. The standard InChI is InChI=1S/C24H24O4/c1-3-9-19(10-4-1)15-25-17-23-24(18-26-16-20-11-5-2-6-12-20)28-22-14-8-7-13-21(22)27-23/h1-14,23-24H,15-18H2/t23-,24?/m0/s1. The van der Waals surface area contributed by atoms with Crippen LogP contribution in [0.4, 0.5) is 0 Å². The van der Waals surface area contributed by atoms with Crippen LogP contribution < -0.4 is 9.47 Å². The van der Waals surface area contributed by atoms with E-state index in [4.69, 9.17) is 18.9 Å². The van der Waals surface area contributed by atoms with E-state index in [1.54, 1.807) is 0 Å². The SMILES string of the molecule is c1ccc(COCC2Oc3ccccc3O[C@H]2COCc2ccccc2)cc1. The molecular weight excluding hydrogens is 352 g/mol. The van der Waals surface area contributed by atoms with Crippen LogP contribution in [0.25, 0.3) is 0 Å². The summed E-state index contributed by atoms with van der Waals surface area (Å²) in [6.45, 7) is 1.95. The fourth-order valence-electron chi connectivity index (χ4n) is 3.14. The quantitative estimate of drug-likeness (QED) is 0.574. The van der Waals surface area contributed by atoms with Crippen molar-refractivity contribution >= 4 is 0 Å². The second-order valence-corrected chi connectivity index (χ2v) is 6.76. The van der Waals surface area contributed by atoms with Crippen LogP contribution >= 0.6 is 0 Å². The molecule has 1 unspecified atom stereocenters. The minimum Gasteiger partial charge on any atom is -0.480 e. The van der Waals surface area contributed by atoms with Gasteiger partial charge in [0.15, 0.2) is 23.7 Å². The van der Waals surface area contributed by atoms with Gasteiger partial charge < -0.3 is 18.9 Å². The van der Waals surface area contributed by atoms with Crippen LogP contribution in [0, 0.1) is 0 Å². The number of hydrogen-bond acceptors (Lipinski definition) is 4. The van der Waals surface area contributed by atoms with E-state index >= 15 is 0 Å². The molecule has 1 aliphatic heterocycles. The molecular formula is C24H24O4. The van der Waals surface area contributed by atoms with Crippen molar-refractivity contribution < 1.29 is 18.9 Å². The highest BCUT2D eigenvalue weighted by atomic mass is 16.6. The van der Waals surface area contributed by atoms with E-state index in [0.29, 0.717) is 26.4 Å². The van der Waals surface area contributed by atoms with Gasteiger partial charge in [-0.15, -0.1) is 0 Å². The van der Waals surface area contributed by atoms with Gasteiger partial charge in [-0.05, 0) is 23.3 Å². The summed E-state index contributed by atoms with van der Waals surface area (Å²) in [5, 5.41) is 0. The summed E-state index contributed by atoms with van der Waals surface area (Å²) in [6.07, 6.45) is -0.455. The van der Waals surface area contributed by atoms with Crippen molar-refractivity contribution in [1.82, 2.24) is 0 Å². The normalized spacial score (nSPS) is 18.0. The average Bonchev–Trinajstić information content (AvgIpc) is 2.75. The van der Waals surface area contributed by atoms with Crippen LogP contribution in [0.3, 0.4) is 0 Å². The Bertz CT molecular complexity index is 778. The molecule has 0 saturated carbocycles. The van der Waals surface area contributed by atoms with Crippen LogP contribution in [0.1, 0.15) is 11.1 Å². The summed E-state index contributed by atoms with van der Waals surface area (Å²) in [4.78, 5) is 0. The van der Waals surface area contributed by atoms with E-state index in [9.17, 15) is 0 Å². The summed E-state index contributed by atoms with van der Waals surface area (Å²) in [7, 11) is 0. The molecule has 0 saturated heterocycles. The highest BCUT2D eigenvalue weighted by molar-refractivity contribution is 5.41. The third-order valence-corrected chi connectivity index (χ3v) is 4.61. The van der Waals surface area contributed by atoms with Crippen molar-refractivity contribution in [2.45, 2.75) is 25.4 Å². The summed E-state index contributed by atoms with van der Waals surface area (Å²) in [6, 6.07) is 27.9. The number of para-hydroxylation sites is 2. The number of hydrogen-bond donors (Lipinski definition) is 0. The molecule has 0 fully saturated rings. The van der Waals surface area contributed by atoms with E-state index in [1.807, 2.05) is 84.9 Å². The third-order valence-electron chi connectivity index (χ3n) is 4.61. The van der Waals surface area contributed by atoms with Crippen LogP contribution in [0.15, 0.2) is 84.9 Å². The molecule has 2 atom stereocenters. The second-order valence-electron chi connectivity index (χ2n) is 6.76. The van der Waals surface area contributed by atoms with Crippen molar-refractivity contribution in [3.63, 3.8) is 0 Å². The molecule has 4 heteroatoms. The molecule has 0 amide bonds. The first kappa shape index (κ1) is 18.5. The third kappa shape index (κ3) is 4.91. The Balaban J connectivity index is 1.36. The zero-order valence-corrected chi connectivity index (χ0v) is 15.7. The van der Waals surface area contributed by atoms with Gasteiger partial charge >= 0.3 is 0 Å². The van der Waals surface area contributed by atoms with Crippen molar-refractivity contribution in [2.24, 2.45) is 0 Å². The number of rotatable bonds is 8. The molecule has 1 aliphatic rings. The van der Waals surface area contributed by atoms with Crippen LogP contribution in [-0.2, 0) is 22.7 Å². The molecule has 0 radical (unpaired) electrons. The summed E-state index contributed by atoms with van der Waals surface area (Å²) in [5.41, 5.74) is 2.27. The molecule has 4 rings (SSSR count). The van der Waals surface area contributed by atoms with Crippen molar-refractivity contribution in [3.8, 4) is 11.5 Å². The molecule has 0 bridgehead atoms. The molecule has 4 nitrogen and oxygen atoms in total. The fourth-order valence-corrected chi connectivity index (χ4v) is 3.14. The van der Waals surface area contributed by atoms with Crippen molar-refractivity contribution in [1.29, 1.82) is 0 Å². The lowest BCUT2D eigenvalue weighted by Gasteiger charge is -2.33. The first-order valence-electron chi connectivity index (χ1n) is 9.54. The number of fused-ring (bicyclic) bond motifs is 1. The van der Waals surface area contributed by atoms with E-state index in [2.05, 4.69) is 0 Å². The highest BCUT2D eigenvalue weighted by Crippen LogP contribution is 2.33. The highest BCUT2D eigenvalue weighted by Gasteiger charge is 2.32. The molecule has 1 heterocycles. The summed E-state index contributed by atoms with van der Waals surface area (Å²) in [5.74, 6) is 1.49. The molecule has 0 aliphatic carbocycles. The topological polar surface area (TPSA) is 36.9 Å². The summed E-state index contributed by atoms with van der Waals surface area (Å²) < 4.78 is 24.1. The van der Waals surface area contributed by atoms with Gasteiger partial charge in [-0.25, -0.2) is 0 Å². The van der Waals surface area contributed by atoms with Crippen LogP contribution in [0.5, 0.6) is 11.5 Å². The maximum atomic E-state index is 6.16. The lowest BCUT2D eigenvalue weighted by Crippen LogP contribution is -2.45. The first-order valence-corrected chi connectivity index (χ1v) is 9.54. The Labute approximate surface area is 165 Å². The Kier molecular flexibility index (Phi) is 6.22. The molecule has 0 N–H and O–H groups in total. The van der Waals surface area contributed by atoms with Gasteiger partial charge in [0.2, 0.25) is 0 Å². The number of ether oxygens (including phenoxy) is 4. The minimum absolute atomic E-state index is 0.227. The lowest BCUT2D eigenvalue weighted by molar-refractivity contribution is -0.0714. The zero-order chi connectivity index (χ0) is 19.0. The molecule has 3 aromatic rings. The van der Waals surface area contributed by atoms with Crippen molar-refractivity contribution in [3.05, 3.63) is 96.1 Å². The monoisotopic (exact) mass is 376 g/mol. The van der Waals surface area contributed by atoms with Crippen molar-refractivity contribution in [2.75, 3.05) is 13.2 Å². The van der Waals surface area contributed by atoms with E-state index < -0.39 is 0 Å². The Morgan fingerprint density at radius 2 is 0.929 bits per heavy atom. The predicted octanol–water partition coefficient (Wildman–Crippen LogP) is 4.63. The average molecular weight is 376 g/mol. The zero-order valence-electron chi connectivity index (χ0n) is 15.7. The Hall–Kier alpha value is -2.82. The van der Waals surface area contributed by atoms with Gasteiger partial charge in [0.05, 0.1) is 26.4 Å².